The first-order chi connectivity index (χ1) is 12.2. The van der Waals surface area contributed by atoms with E-state index in [1.807, 2.05) is 30.3 Å². The monoisotopic (exact) mass is 349 g/mol. The Bertz CT molecular complexity index is 862. The van der Waals surface area contributed by atoms with Gasteiger partial charge in [0.1, 0.15) is 5.76 Å². The van der Waals surface area contributed by atoms with Crippen molar-refractivity contribution in [1.29, 1.82) is 5.26 Å². The van der Waals surface area contributed by atoms with E-state index in [0.717, 1.165) is 23.3 Å². The van der Waals surface area contributed by atoms with Crippen LogP contribution >= 0.6 is 11.6 Å². The number of halogens is 1. The number of nitriles is 1. The molecule has 4 heteroatoms. The van der Waals surface area contributed by atoms with E-state index >= 15 is 0 Å². The molecule has 0 atom stereocenters. The molecule has 3 nitrogen and oxygen atoms in total. The van der Waals surface area contributed by atoms with Gasteiger partial charge in [0.05, 0.1) is 17.9 Å². The second-order valence-electron chi connectivity index (χ2n) is 5.71. The normalized spacial score (nSPS) is 14.7. The highest BCUT2D eigenvalue weighted by Gasteiger charge is 2.15. The average molecular weight is 350 g/mol. The van der Waals surface area contributed by atoms with Gasteiger partial charge < -0.3 is 4.74 Å². The molecule has 0 saturated heterocycles. The van der Waals surface area contributed by atoms with Gasteiger partial charge in [-0.2, -0.15) is 5.26 Å². The van der Waals surface area contributed by atoms with Crippen LogP contribution in [0.1, 0.15) is 40.7 Å². The Labute approximate surface area is 151 Å². The van der Waals surface area contributed by atoms with Gasteiger partial charge in [0.25, 0.3) is 0 Å². The fourth-order valence-electron chi connectivity index (χ4n) is 2.74. The van der Waals surface area contributed by atoms with Crippen molar-refractivity contribution in [1.82, 2.24) is 0 Å². The summed E-state index contributed by atoms with van der Waals surface area (Å²) < 4.78 is 5.59. The average Bonchev–Trinajstić information content (AvgIpc) is 3.17. The summed E-state index contributed by atoms with van der Waals surface area (Å²) in [4.78, 5) is 12.5. The van der Waals surface area contributed by atoms with Crippen LogP contribution in [-0.4, -0.2) is 5.78 Å². The van der Waals surface area contributed by atoms with Gasteiger partial charge in [-0.15, -0.1) is 0 Å². The molecule has 0 spiro atoms. The zero-order valence-electron chi connectivity index (χ0n) is 13.5. The zero-order valence-corrected chi connectivity index (χ0v) is 14.3. The second kappa shape index (κ2) is 7.83. The molecule has 1 heterocycles. The van der Waals surface area contributed by atoms with E-state index in [2.05, 4.69) is 6.07 Å². The number of rotatable bonds is 5. The molecule has 25 heavy (non-hydrogen) atoms. The molecule has 2 aromatic rings. The van der Waals surface area contributed by atoms with Gasteiger partial charge in [0, 0.05) is 23.4 Å². The lowest BCUT2D eigenvalue weighted by atomic mass is 9.95. The maximum Gasteiger partial charge on any atom is 0.163 e. The molecule has 0 bridgehead atoms. The molecule has 3 rings (SSSR count). The summed E-state index contributed by atoms with van der Waals surface area (Å²) in [6, 6.07) is 16.3. The molecule has 1 aliphatic heterocycles. The maximum absolute atomic E-state index is 12.5. The van der Waals surface area contributed by atoms with E-state index in [9.17, 15) is 4.79 Å². The number of carbonyl (C=O) groups is 1. The highest BCUT2D eigenvalue weighted by Crippen LogP contribution is 2.30. The molecule has 124 valence electrons. The third kappa shape index (κ3) is 4.17. The van der Waals surface area contributed by atoms with Crippen LogP contribution in [-0.2, 0) is 4.74 Å². The fourth-order valence-corrected chi connectivity index (χ4v) is 2.86. The first kappa shape index (κ1) is 17.0. The first-order valence-electron chi connectivity index (χ1n) is 8.00. The van der Waals surface area contributed by atoms with E-state index < -0.39 is 0 Å². The SMILES string of the molecule is N#Cc1ccc(C(=O)CCC(=C2CC=CO2)c2ccc(Cl)cc2)cc1. The second-order valence-corrected chi connectivity index (χ2v) is 6.15. The number of carbonyl (C=O) groups excluding carboxylic acids is 1. The van der Waals surface area contributed by atoms with Crippen molar-refractivity contribution >= 4 is 23.0 Å². The van der Waals surface area contributed by atoms with Gasteiger partial charge in [-0.3, -0.25) is 4.79 Å². The Hall–Kier alpha value is -2.83. The minimum Gasteiger partial charge on any atom is -0.469 e. The number of hydrogen-bond donors (Lipinski definition) is 0. The van der Waals surface area contributed by atoms with Crippen molar-refractivity contribution in [2.75, 3.05) is 0 Å². The lowest BCUT2D eigenvalue weighted by molar-refractivity contribution is 0.0984. The third-order valence-electron chi connectivity index (χ3n) is 4.08. The smallest absolute Gasteiger partial charge is 0.163 e. The van der Waals surface area contributed by atoms with Gasteiger partial charge in [0.2, 0.25) is 0 Å². The topological polar surface area (TPSA) is 50.1 Å². The van der Waals surface area contributed by atoms with Crippen LogP contribution in [0.5, 0.6) is 0 Å². The summed E-state index contributed by atoms with van der Waals surface area (Å²) in [6.07, 6.45) is 5.30. The molecule has 0 N–H and O–H groups in total. The van der Waals surface area contributed by atoms with Crippen LogP contribution in [0.15, 0.2) is 66.6 Å². The van der Waals surface area contributed by atoms with Crippen molar-refractivity contribution < 1.29 is 9.53 Å². The molecule has 2 aromatic carbocycles. The van der Waals surface area contributed by atoms with Crippen LogP contribution in [0.2, 0.25) is 5.02 Å². The van der Waals surface area contributed by atoms with Crippen molar-refractivity contribution in [3.63, 3.8) is 0 Å². The lowest BCUT2D eigenvalue weighted by Gasteiger charge is -2.12. The Morgan fingerprint density at radius 1 is 1.04 bits per heavy atom. The van der Waals surface area contributed by atoms with E-state index in [0.29, 0.717) is 29.0 Å². The van der Waals surface area contributed by atoms with E-state index in [1.165, 1.54) is 0 Å². The molecule has 0 fully saturated rings. The van der Waals surface area contributed by atoms with Crippen LogP contribution < -0.4 is 0 Å². The summed E-state index contributed by atoms with van der Waals surface area (Å²) in [6.45, 7) is 0. The van der Waals surface area contributed by atoms with Crippen LogP contribution in [0.3, 0.4) is 0 Å². The van der Waals surface area contributed by atoms with Gasteiger partial charge in [0.15, 0.2) is 5.78 Å². The standard InChI is InChI=1S/C21H16ClNO2/c22-18-9-7-16(8-10-18)19(21-2-1-13-25-21)11-12-20(24)17-5-3-15(14-23)4-6-17/h1,3-10,13H,2,11-12H2. The molecular weight excluding hydrogens is 334 g/mol. The van der Waals surface area contributed by atoms with E-state index in [-0.39, 0.29) is 5.78 Å². The van der Waals surface area contributed by atoms with Gasteiger partial charge in [-0.1, -0.05) is 35.9 Å². The molecular formula is C21H16ClNO2. The summed E-state index contributed by atoms with van der Waals surface area (Å²) in [5, 5.41) is 9.51. The highest BCUT2D eigenvalue weighted by molar-refractivity contribution is 6.30. The van der Waals surface area contributed by atoms with Crippen molar-refractivity contribution in [2.24, 2.45) is 0 Å². The van der Waals surface area contributed by atoms with Crippen LogP contribution in [0, 0.1) is 11.3 Å². The van der Waals surface area contributed by atoms with Gasteiger partial charge >= 0.3 is 0 Å². The molecule has 0 aliphatic carbocycles. The van der Waals surface area contributed by atoms with Gasteiger partial charge in [-0.25, -0.2) is 0 Å². The Morgan fingerprint density at radius 3 is 2.32 bits per heavy atom. The lowest BCUT2D eigenvalue weighted by Crippen LogP contribution is -2.01. The number of ketones is 1. The van der Waals surface area contributed by atoms with Crippen molar-refractivity contribution in [2.45, 2.75) is 19.3 Å². The predicted octanol–water partition coefficient (Wildman–Crippen LogP) is 5.52. The van der Waals surface area contributed by atoms with Crippen LogP contribution in [0.4, 0.5) is 0 Å². The largest absolute Gasteiger partial charge is 0.469 e. The summed E-state index contributed by atoms with van der Waals surface area (Å²) >= 11 is 5.97. The van der Waals surface area contributed by atoms with Crippen molar-refractivity contribution in [3.05, 3.63) is 88.3 Å². The molecule has 0 unspecified atom stereocenters. The predicted molar refractivity (Wildman–Crippen MR) is 97.9 cm³/mol. The maximum atomic E-state index is 12.5. The number of allylic oxidation sites excluding steroid dienone is 2. The first-order valence-corrected chi connectivity index (χ1v) is 8.38. The Kier molecular flexibility index (Phi) is 5.33. The quantitative estimate of drug-likeness (QED) is 0.668. The molecule has 1 aliphatic rings. The molecule has 0 radical (unpaired) electrons. The minimum absolute atomic E-state index is 0.0440. The van der Waals surface area contributed by atoms with Gasteiger partial charge in [-0.05, 0) is 47.9 Å². The molecule has 0 amide bonds. The van der Waals surface area contributed by atoms with E-state index in [4.69, 9.17) is 21.6 Å². The third-order valence-corrected chi connectivity index (χ3v) is 4.33. The molecule has 0 aromatic heterocycles. The number of hydrogen-bond acceptors (Lipinski definition) is 3. The summed E-state index contributed by atoms with van der Waals surface area (Å²) in [5.74, 6) is 0.914. The summed E-state index contributed by atoms with van der Waals surface area (Å²) in [7, 11) is 0. The number of Topliss-reactive ketones (excluding diaryl/α,β-unsaturated/α-hetero) is 1. The number of benzene rings is 2. The number of ether oxygens (including phenoxy) is 1. The fraction of sp³-hybridized carbons (Fsp3) is 0.143. The summed E-state index contributed by atoms with van der Waals surface area (Å²) in [5.41, 5.74) is 3.19. The van der Waals surface area contributed by atoms with Crippen molar-refractivity contribution in [3.8, 4) is 6.07 Å². The minimum atomic E-state index is 0.0440. The van der Waals surface area contributed by atoms with Crippen LogP contribution in [0.25, 0.3) is 5.57 Å². The number of nitrogens with zero attached hydrogens (tertiary/aromatic N) is 1. The molecule has 0 saturated carbocycles. The Balaban J connectivity index is 1.77. The Morgan fingerprint density at radius 2 is 1.72 bits per heavy atom. The van der Waals surface area contributed by atoms with E-state index in [1.54, 1.807) is 30.5 Å². The zero-order chi connectivity index (χ0) is 17.6. The highest BCUT2D eigenvalue weighted by atomic mass is 35.5.